The Morgan fingerprint density at radius 3 is 2.33 bits per heavy atom. The van der Waals surface area contributed by atoms with Crippen LogP contribution in [0.4, 0.5) is 0 Å². The van der Waals surface area contributed by atoms with Gasteiger partial charge in [0.25, 0.3) is 0 Å². The lowest BCUT2D eigenvalue weighted by molar-refractivity contribution is -0.136. The number of nitrogens with zero attached hydrogens (tertiary/aromatic N) is 1. The van der Waals surface area contributed by atoms with E-state index in [1.165, 1.54) is 0 Å². The Bertz CT molecular complexity index is 721. The van der Waals surface area contributed by atoms with Gasteiger partial charge in [0.1, 0.15) is 11.3 Å². The predicted octanol–water partition coefficient (Wildman–Crippen LogP) is 3.25. The molecule has 0 unspecified atom stereocenters. The SMILES string of the molecule is O=C(O)Cc1ccccc1.Oc1cccc2cccnc12. The lowest BCUT2D eigenvalue weighted by Crippen LogP contribution is -1.98. The first-order chi connectivity index (χ1) is 10.2. The van der Waals surface area contributed by atoms with E-state index < -0.39 is 5.97 Å². The first-order valence-electron chi connectivity index (χ1n) is 6.45. The summed E-state index contributed by atoms with van der Waals surface area (Å²) in [5.41, 5.74) is 1.50. The van der Waals surface area contributed by atoms with Gasteiger partial charge in [0.2, 0.25) is 0 Å². The number of aliphatic carboxylic acids is 1. The number of carboxylic acids is 1. The molecule has 0 bridgehead atoms. The van der Waals surface area contributed by atoms with Gasteiger partial charge in [-0.25, -0.2) is 0 Å². The summed E-state index contributed by atoms with van der Waals surface area (Å²) in [6.45, 7) is 0. The second-order valence-electron chi connectivity index (χ2n) is 4.41. The lowest BCUT2D eigenvalue weighted by atomic mass is 10.2. The van der Waals surface area contributed by atoms with Crippen LogP contribution in [0.3, 0.4) is 0 Å². The molecule has 106 valence electrons. The third-order valence-electron chi connectivity index (χ3n) is 2.81. The minimum absolute atomic E-state index is 0.112. The fourth-order valence-corrected chi connectivity index (χ4v) is 1.86. The van der Waals surface area contributed by atoms with Crippen LogP contribution in [0.1, 0.15) is 5.56 Å². The van der Waals surface area contributed by atoms with Crippen LogP contribution >= 0.6 is 0 Å². The van der Waals surface area contributed by atoms with E-state index in [0.29, 0.717) is 5.52 Å². The summed E-state index contributed by atoms with van der Waals surface area (Å²) >= 11 is 0. The summed E-state index contributed by atoms with van der Waals surface area (Å²) in [7, 11) is 0. The van der Waals surface area contributed by atoms with Crippen LogP contribution in [-0.4, -0.2) is 21.2 Å². The van der Waals surface area contributed by atoms with Gasteiger partial charge >= 0.3 is 5.97 Å². The van der Waals surface area contributed by atoms with E-state index in [0.717, 1.165) is 10.9 Å². The van der Waals surface area contributed by atoms with Gasteiger partial charge in [-0.3, -0.25) is 9.78 Å². The summed E-state index contributed by atoms with van der Waals surface area (Å²) in [4.78, 5) is 14.2. The molecule has 0 saturated carbocycles. The van der Waals surface area contributed by atoms with Crippen LogP contribution < -0.4 is 0 Å². The molecule has 4 nitrogen and oxygen atoms in total. The Hall–Kier alpha value is -2.88. The van der Waals surface area contributed by atoms with Gasteiger partial charge in [-0.15, -0.1) is 0 Å². The number of phenols is 1. The number of pyridine rings is 1. The molecule has 0 radical (unpaired) electrons. The minimum Gasteiger partial charge on any atom is -0.506 e. The van der Waals surface area contributed by atoms with Crippen LogP contribution in [-0.2, 0) is 11.2 Å². The van der Waals surface area contributed by atoms with Gasteiger partial charge in [0.05, 0.1) is 6.42 Å². The fourth-order valence-electron chi connectivity index (χ4n) is 1.86. The number of hydrogen-bond donors (Lipinski definition) is 2. The molecule has 1 aromatic heterocycles. The van der Waals surface area contributed by atoms with E-state index in [1.54, 1.807) is 30.5 Å². The van der Waals surface area contributed by atoms with E-state index in [4.69, 9.17) is 5.11 Å². The standard InChI is InChI=1S/C9H7NO.C8H8O2/c11-8-5-1-3-7-4-2-6-10-9(7)8;9-8(10)6-7-4-2-1-3-5-7/h1-6,11H;1-5H,6H2,(H,9,10). The zero-order valence-electron chi connectivity index (χ0n) is 11.3. The third-order valence-corrected chi connectivity index (χ3v) is 2.81. The van der Waals surface area contributed by atoms with Crippen molar-refractivity contribution in [1.29, 1.82) is 0 Å². The van der Waals surface area contributed by atoms with Crippen molar-refractivity contribution >= 4 is 16.9 Å². The minimum atomic E-state index is -0.786. The van der Waals surface area contributed by atoms with Crippen LogP contribution in [0, 0.1) is 0 Å². The molecule has 2 N–H and O–H groups in total. The number of fused-ring (bicyclic) bond motifs is 1. The lowest BCUT2D eigenvalue weighted by Gasteiger charge is -1.96. The normalized spacial score (nSPS) is 9.71. The van der Waals surface area contributed by atoms with Gasteiger partial charge in [-0.05, 0) is 17.7 Å². The number of aromatic nitrogens is 1. The Morgan fingerprint density at radius 1 is 0.952 bits per heavy atom. The molecule has 4 heteroatoms. The summed E-state index contributed by atoms with van der Waals surface area (Å²) in [5, 5.41) is 18.6. The van der Waals surface area contributed by atoms with Crippen LogP contribution in [0.25, 0.3) is 10.9 Å². The topological polar surface area (TPSA) is 70.4 Å². The molecule has 3 rings (SSSR count). The Morgan fingerprint density at radius 2 is 1.67 bits per heavy atom. The van der Waals surface area contributed by atoms with Crippen molar-refractivity contribution in [2.24, 2.45) is 0 Å². The Balaban J connectivity index is 0.000000155. The largest absolute Gasteiger partial charge is 0.506 e. The van der Waals surface area contributed by atoms with Gasteiger partial charge in [-0.1, -0.05) is 48.5 Å². The van der Waals surface area contributed by atoms with Crippen LogP contribution in [0.2, 0.25) is 0 Å². The van der Waals surface area contributed by atoms with E-state index >= 15 is 0 Å². The van der Waals surface area contributed by atoms with Gasteiger partial charge < -0.3 is 10.2 Å². The molecule has 0 atom stereocenters. The van der Waals surface area contributed by atoms with Crippen molar-refractivity contribution in [3.05, 3.63) is 72.4 Å². The van der Waals surface area contributed by atoms with Crippen molar-refractivity contribution in [3.8, 4) is 5.75 Å². The van der Waals surface area contributed by atoms with E-state index in [9.17, 15) is 9.90 Å². The van der Waals surface area contributed by atoms with Crippen LogP contribution in [0.5, 0.6) is 5.75 Å². The molecule has 21 heavy (non-hydrogen) atoms. The maximum absolute atomic E-state index is 10.2. The number of phenolic OH excluding ortho intramolecular Hbond substituents is 1. The molecule has 0 aliphatic rings. The molecule has 3 aromatic rings. The maximum atomic E-state index is 10.2. The molecule has 2 aromatic carbocycles. The summed E-state index contributed by atoms with van der Waals surface area (Å²) in [5.74, 6) is -0.547. The molecule has 1 heterocycles. The molecule has 0 aliphatic carbocycles. The Labute approximate surface area is 122 Å². The number of hydrogen-bond acceptors (Lipinski definition) is 3. The average Bonchev–Trinajstić information content (AvgIpc) is 2.49. The van der Waals surface area contributed by atoms with Crippen molar-refractivity contribution in [2.45, 2.75) is 6.42 Å². The molecular formula is C17H15NO3. The van der Waals surface area contributed by atoms with E-state index in [-0.39, 0.29) is 12.2 Å². The van der Waals surface area contributed by atoms with E-state index in [2.05, 4.69) is 4.98 Å². The highest BCUT2D eigenvalue weighted by Gasteiger charge is 1.97. The molecule has 0 saturated heterocycles. The highest BCUT2D eigenvalue weighted by atomic mass is 16.4. The number of carboxylic acid groups (broad SMARTS) is 1. The highest BCUT2D eigenvalue weighted by molar-refractivity contribution is 5.83. The van der Waals surface area contributed by atoms with Gasteiger partial charge in [0, 0.05) is 11.6 Å². The zero-order chi connectivity index (χ0) is 15.1. The number of aromatic hydroxyl groups is 1. The van der Waals surface area contributed by atoms with Crippen molar-refractivity contribution in [1.82, 2.24) is 4.98 Å². The van der Waals surface area contributed by atoms with Crippen molar-refractivity contribution in [2.75, 3.05) is 0 Å². The van der Waals surface area contributed by atoms with Gasteiger partial charge in [0.15, 0.2) is 0 Å². The van der Waals surface area contributed by atoms with Crippen molar-refractivity contribution < 1.29 is 15.0 Å². The number of rotatable bonds is 2. The second kappa shape index (κ2) is 7.05. The van der Waals surface area contributed by atoms with Crippen LogP contribution in [0.15, 0.2) is 66.9 Å². The first-order valence-corrected chi connectivity index (χ1v) is 6.45. The molecule has 0 fully saturated rings. The maximum Gasteiger partial charge on any atom is 0.307 e. The quantitative estimate of drug-likeness (QED) is 0.756. The average molecular weight is 281 g/mol. The monoisotopic (exact) mass is 281 g/mol. The number of carbonyl (C=O) groups is 1. The fraction of sp³-hybridized carbons (Fsp3) is 0.0588. The summed E-state index contributed by atoms with van der Waals surface area (Å²) < 4.78 is 0. The predicted molar refractivity (Wildman–Crippen MR) is 81.2 cm³/mol. The highest BCUT2D eigenvalue weighted by Crippen LogP contribution is 2.20. The van der Waals surface area contributed by atoms with Gasteiger partial charge in [-0.2, -0.15) is 0 Å². The smallest absolute Gasteiger partial charge is 0.307 e. The molecule has 0 spiro atoms. The third kappa shape index (κ3) is 4.31. The number of benzene rings is 2. The number of para-hydroxylation sites is 1. The van der Waals surface area contributed by atoms with E-state index in [1.807, 2.05) is 36.4 Å². The summed E-state index contributed by atoms with van der Waals surface area (Å²) in [6, 6.07) is 18.3. The molecule has 0 aliphatic heterocycles. The first kappa shape index (κ1) is 14.5. The zero-order valence-corrected chi connectivity index (χ0v) is 11.3. The second-order valence-corrected chi connectivity index (χ2v) is 4.41. The summed E-state index contributed by atoms with van der Waals surface area (Å²) in [6.07, 6.45) is 1.78. The Kier molecular flexibility index (Phi) is 4.88. The molecular weight excluding hydrogens is 266 g/mol. The van der Waals surface area contributed by atoms with Crippen molar-refractivity contribution in [3.63, 3.8) is 0 Å². The molecule has 0 amide bonds.